The highest BCUT2D eigenvalue weighted by atomic mass is 32.2. The van der Waals surface area contributed by atoms with Crippen LogP contribution in [0, 0.1) is 0 Å². The van der Waals surface area contributed by atoms with Gasteiger partial charge in [0.15, 0.2) is 0 Å². The number of benzene rings is 1. The predicted octanol–water partition coefficient (Wildman–Crippen LogP) is 2.14. The molecule has 2 unspecified atom stereocenters. The lowest BCUT2D eigenvalue weighted by molar-refractivity contribution is -0.146. The summed E-state index contributed by atoms with van der Waals surface area (Å²) in [5.41, 5.74) is 0.928. The smallest absolute Gasteiger partial charge is 0.338 e. The second kappa shape index (κ2) is 11.5. The molecule has 158 valence electrons. The van der Waals surface area contributed by atoms with E-state index in [1.54, 1.807) is 31.2 Å². The van der Waals surface area contributed by atoms with Gasteiger partial charge in [0.25, 0.3) is 0 Å². The van der Waals surface area contributed by atoms with Gasteiger partial charge in [0.1, 0.15) is 6.04 Å². The molecule has 2 amide bonds. The lowest BCUT2D eigenvalue weighted by Crippen LogP contribution is -2.51. The zero-order valence-corrected chi connectivity index (χ0v) is 17.4. The quantitative estimate of drug-likeness (QED) is 0.463. The molecule has 0 radical (unpaired) electrons. The fourth-order valence-corrected chi connectivity index (χ4v) is 3.71. The Morgan fingerprint density at radius 1 is 1.17 bits per heavy atom. The van der Waals surface area contributed by atoms with Crippen LogP contribution in [0.5, 0.6) is 0 Å². The maximum Gasteiger partial charge on any atom is 0.338 e. The average Bonchev–Trinajstić information content (AvgIpc) is 2.70. The summed E-state index contributed by atoms with van der Waals surface area (Å²) in [6, 6.07) is 5.70. The Labute approximate surface area is 174 Å². The second-order valence-electron chi connectivity index (χ2n) is 6.45. The molecule has 0 aliphatic carbocycles. The van der Waals surface area contributed by atoms with Gasteiger partial charge in [0.2, 0.25) is 11.8 Å². The topological polar surface area (TPSA) is 111 Å². The van der Waals surface area contributed by atoms with Gasteiger partial charge in [0.05, 0.1) is 24.0 Å². The molecule has 0 bridgehead atoms. The van der Waals surface area contributed by atoms with Crippen molar-refractivity contribution < 1.29 is 28.7 Å². The van der Waals surface area contributed by atoms with Crippen LogP contribution in [0.3, 0.4) is 0 Å². The lowest BCUT2D eigenvalue weighted by Gasteiger charge is -2.27. The first-order chi connectivity index (χ1) is 13.9. The van der Waals surface area contributed by atoms with E-state index in [-0.39, 0.29) is 24.8 Å². The average molecular weight is 423 g/mol. The molecule has 2 N–H and O–H groups in total. The molecule has 1 aliphatic rings. The number of anilines is 1. The summed E-state index contributed by atoms with van der Waals surface area (Å²) in [5, 5.41) is 4.73. The van der Waals surface area contributed by atoms with Crippen molar-refractivity contribution in [2.24, 2.45) is 0 Å². The number of unbranched alkanes of at least 4 members (excludes halogenated alkanes) is 1. The van der Waals surface area contributed by atoms with Gasteiger partial charge >= 0.3 is 11.9 Å². The van der Waals surface area contributed by atoms with Gasteiger partial charge in [-0.1, -0.05) is 13.3 Å². The summed E-state index contributed by atoms with van der Waals surface area (Å²) in [6.45, 7) is 4.34. The zero-order chi connectivity index (χ0) is 21.2. The van der Waals surface area contributed by atoms with Crippen LogP contribution in [0.2, 0.25) is 0 Å². The van der Waals surface area contributed by atoms with Crippen LogP contribution in [0.15, 0.2) is 24.3 Å². The Balaban J connectivity index is 1.81. The van der Waals surface area contributed by atoms with E-state index in [1.165, 1.54) is 11.8 Å². The maximum absolute atomic E-state index is 12.2. The number of rotatable bonds is 9. The molecular formula is C20H26N2O6S. The highest BCUT2D eigenvalue weighted by molar-refractivity contribution is 8.00. The molecule has 0 aromatic heterocycles. The van der Waals surface area contributed by atoms with E-state index in [4.69, 9.17) is 9.47 Å². The largest absolute Gasteiger partial charge is 0.464 e. The van der Waals surface area contributed by atoms with Crippen molar-refractivity contribution in [3.05, 3.63) is 29.8 Å². The molecule has 2 rings (SSSR count). The van der Waals surface area contributed by atoms with Crippen LogP contribution < -0.4 is 10.6 Å². The number of hydrogen-bond donors (Lipinski definition) is 2. The minimum absolute atomic E-state index is 0.0210. The normalized spacial score (nSPS) is 18.5. The van der Waals surface area contributed by atoms with Gasteiger partial charge in [-0.05, 0) is 37.6 Å². The van der Waals surface area contributed by atoms with Crippen LogP contribution in [0.25, 0.3) is 0 Å². The van der Waals surface area contributed by atoms with E-state index < -0.39 is 23.2 Å². The van der Waals surface area contributed by atoms with E-state index in [0.29, 0.717) is 23.6 Å². The summed E-state index contributed by atoms with van der Waals surface area (Å²) in [5.74, 6) is -1.20. The van der Waals surface area contributed by atoms with E-state index in [2.05, 4.69) is 10.6 Å². The third-order valence-electron chi connectivity index (χ3n) is 4.15. The fourth-order valence-electron chi connectivity index (χ4n) is 2.58. The van der Waals surface area contributed by atoms with Crippen molar-refractivity contribution in [2.45, 2.75) is 44.4 Å². The molecule has 1 aliphatic heterocycles. The van der Waals surface area contributed by atoms with E-state index in [0.717, 1.165) is 12.8 Å². The molecule has 0 spiro atoms. The second-order valence-corrected chi connectivity index (χ2v) is 7.69. The number of ether oxygens (including phenoxy) is 2. The highest BCUT2D eigenvalue weighted by Crippen LogP contribution is 2.22. The maximum atomic E-state index is 12.2. The van der Waals surface area contributed by atoms with Gasteiger partial charge < -0.3 is 20.1 Å². The number of esters is 2. The molecule has 1 heterocycles. The van der Waals surface area contributed by atoms with E-state index in [9.17, 15) is 19.2 Å². The summed E-state index contributed by atoms with van der Waals surface area (Å²) < 4.78 is 10.0. The van der Waals surface area contributed by atoms with Crippen molar-refractivity contribution in [2.75, 3.05) is 24.3 Å². The monoisotopic (exact) mass is 422 g/mol. The Hall–Kier alpha value is -2.55. The Morgan fingerprint density at radius 3 is 2.52 bits per heavy atom. The highest BCUT2D eigenvalue weighted by Gasteiger charge is 2.34. The summed E-state index contributed by atoms with van der Waals surface area (Å²) >= 11 is 1.25. The Bertz CT molecular complexity index is 737. The number of amides is 2. The van der Waals surface area contributed by atoms with Crippen LogP contribution in [-0.2, 0) is 23.9 Å². The van der Waals surface area contributed by atoms with Crippen molar-refractivity contribution in [3.63, 3.8) is 0 Å². The number of carbonyl (C=O) groups excluding carboxylic acids is 4. The van der Waals surface area contributed by atoms with Crippen molar-refractivity contribution in [1.29, 1.82) is 0 Å². The summed E-state index contributed by atoms with van der Waals surface area (Å²) in [7, 11) is 0. The summed E-state index contributed by atoms with van der Waals surface area (Å²) in [4.78, 5) is 48.0. The lowest BCUT2D eigenvalue weighted by atomic mass is 10.2. The SMILES string of the molecule is CCCCOC(=O)c1ccc(NC(=O)CC2SCC(C(=O)OCC)NC2=O)cc1. The summed E-state index contributed by atoms with van der Waals surface area (Å²) in [6.07, 6.45) is 1.74. The number of hydrogen-bond acceptors (Lipinski definition) is 7. The molecule has 1 fully saturated rings. The third-order valence-corrected chi connectivity index (χ3v) is 5.46. The Morgan fingerprint density at radius 2 is 1.90 bits per heavy atom. The minimum Gasteiger partial charge on any atom is -0.464 e. The van der Waals surface area contributed by atoms with Crippen molar-refractivity contribution >= 4 is 41.2 Å². The van der Waals surface area contributed by atoms with Crippen LogP contribution in [0.1, 0.15) is 43.5 Å². The van der Waals surface area contributed by atoms with Gasteiger partial charge in [-0.2, -0.15) is 0 Å². The first-order valence-corrected chi connectivity index (χ1v) is 10.6. The van der Waals surface area contributed by atoms with E-state index >= 15 is 0 Å². The van der Waals surface area contributed by atoms with Crippen LogP contribution in [0.4, 0.5) is 5.69 Å². The predicted molar refractivity (Wildman–Crippen MR) is 110 cm³/mol. The molecule has 8 nitrogen and oxygen atoms in total. The van der Waals surface area contributed by atoms with Gasteiger partial charge in [-0.3, -0.25) is 9.59 Å². The minimum atomic E-state index is -0.684. The van der Waals surface area contributed by atoms with Crippen molar-refractivity contribution in [3.8, 4) is 0 Å². The molecule has 1 saturated heterocycles. The molecular weight excluding hydrogens is 396 g/mol. The van der Waals surface area contributed by atoms with Gasteiger partial charge in [-0.25, -0.2) is 9.59 Å². The number of thioether (sulfide) groups is 1. The van der Waals surface area contributed by atoms with Gasteiger partial charge in [-0.15, -0.1) is 11.8 Å². The van der Waals surface area contributed by atoms with Crippen molar-refractivity contribution in [1.82, 2.24) is 5.32 Å². The molecule has 0 saturated carbocycles. The molecule has 1 aromatic carbocycles. The standard InChI is InChI=1S/C20H26N2O6S/c1-3-5-10-28-19(25)13-6-8-14(9-7-13)21-17(23)11-16-18(24)22-15(12-29-16)20(26)27-4-2/h6-9,15-16H,3-5,10-12H2,1-2H3,(H,21,23)(H,22,24). The Kier molecular flexibility index (Phi) is 8.98. The van der Waals surface area contributed by atoms with E-state index in [1.807, 2.05) is 6.92 Å². The molecule has 2 atom stereocenters. The van der Waals surface area contributed by atoms with Crippen LogP contribution in [-0.4, -0.2) is 54.0 Å². The molecule has 1 aromatic rings. The fraction of sp³-hybridized carbons (Fsp3) is 0.500. The first-order valence-electron chi connectivity index (χ1n) is 9.60. The first kappa shape index (κ1) is 22.7. The third kappa shape index (κ3) is 7.08. The molecule has 29 heavy (non-hydrogen) atoms. The number of nitrogens with one attached hydrogen (secondary N) is 2. The van der Waals surface area contributed by atoms with Crippen LogP contribution >= 0.6 is 11.8 Å². The van der Waals surface area contributed by atoms with Gasteiger partial charge in [0, 0.05) is 17.9 Å². The number of carbonyl (C=O) groups is 4. The zero-order valence-electron chi connectivity index (χ0n) is 16.6. The molecule has 9 heteroatoms.